The molecule has 45 heavy (non-hydrogen) atoms. The number of hydrogen-bond acceptors (Lipinski definition) is 6. The molecule has 0 spiro atoms. The van der Waals surface area contributed by atoms with E-state index in [4.69, 9.17) is 5.14 Å². The highest BCUT2D eigenvalue weighted by Gasteiger charge is 2.36. The molecule has 9 nitrogen and oxygen atoms in total. The lowest BCUT2D eigenvalue weighted by Gasteiger charge is -2.40. The van der Waals surface area contributed by atoms with Crippen molar-refractivity contribution in [2.75, 3.05) is 24.5 Å². The summed E-state index contributed by atoms with van der Waals surface area (Å²) in [6.07, 6.45) is -3.92. The van der Waals surface area contributed by atoms with Gasteiger partial charge in [0.05, 0.1) is 16.8 Å². The molecule has 1 fully saturated rings. The molecular weight excluding hydrogens is 621 g/mol. The first-order chi connectivity index (χ1) is 21.0. The number of fused-ring (bicyclic) bond motifs is 1. The summed E-state index contributed by atoms with van der Waals surface area (Å²) >= 11 is 0. The smallest absolute Gasteiger partial charge is 0.350 e. The minimum atomic E-state index is -5.07. The van der Waals surface area contributed by atoms with Crippen LogP contribution in [0.15, 0.2) is 70.9 Å². The number of primary sulfonamides is 1. The molecule has 0 bridgehead atoms. The van der Waals surface area contributed by atoms with Crippen LogP contribution in [0.25, 0.3) is 27.7 Å². The van der Waals surface area contributed by atoms with Gasteiger partial charge >= 0.3 is 11.9 Å². The number of halogens is 5. The second-order valence-electron chi connectivity index (χ2n) is 10.6. The van der Waals surface area contributed by atoms with Crippen LogP contribution in [0.2, 0.25) is 0 Å². The number of hydrogen-bond donors (Lipinski definition) is 1. The lowest BCUT2D eigenvalue weighted by Crippen LogP contribution is -2.54. The minimum Gasteiger partial charge on any atom is -0.350 e. The van der Waals surface area contributed by atoms with Gasteiger partial charge in [-0.3, -0.25) is 9.36 Å². The van der Waals surface area contributed by atoms with Crippen molar-refractivity contribution in [3.8, 4) is 16.8 Å². The third kappa shape index (κ3) is 5.68. The van der Waals surface area contributed by atoms with Crippen molar-refractivity contribution in [2.24, 2.45) is 5.14 Å². The van der Waals surface area contributed by atoms with Crippen LogP contribution in [0.5, 0.6) is 0 Å². The zero-order valence-corrected chi connectivity index (χ0v) is 24.7. The molecule has 4 aromatic rings. The number of nitrogens with zero attached hydrogens (tertiary/aromatic N) is 4. The Morgan fingerprint density at radius 3 is 2.40 bits per heavy atom. The Morgan fingerprint density at radius 1 is 1.09 bits per heavy atom. The second-order valence-corrected chi connectivity index (χ2v) is 12.1. The maximum Gasteiger partial charge on any atom is 0.417 e. The average molecular weight is 648 g/mol. The van der Waals surface area contributed by atoms with Gasteiger partial charge in [0.25, 0.3) is 0 Å². The van der Waals surface area contributed by atoms with Gasteiger partial charge in [0.15, 0.2) is 0 Å². The van der Waals surface area contributed by atoms with Crippen molar-refractivity contribution < 1.29 is 35.2 Å². The zero-order chi connectivity index (χ0) is 33.0. The van der Waals surface area contributed by atoms with E-state index in [2.05, 4.69) is 11.6 Å². The highest BCUT2D eigenvalue weighted by molar-refractivity contribution is 7.89. The quantitative estimate of drug-likeness (QED) is 0.251. The Morgan fingerprint density at radius 2 is 1.78 bits per heavy atom. The number of rotatable bonds is 5. The van der Waals surface area contributed by atoms with Gasteiger partial charge in [-0.15, -0.1) is 0 Å². The molecule has 1 saturated heterocycles. The molecule has 1 aliphatic heterocycles. The summed E-state index contributed by atoms with van der Waals surface area (Å²) in [6, 6.07) is 7.37. The van der Waals surface area contributed by atoms with Crippen LogP contribution in [-0.4, -0.2) is 54.5 Å². The summed E-state index contributed by atoms with van der Waals surface area (Å²) in [6.45, 7) is 7.16. The minimum absolute atomic E-state index is 0.0646. The van der Waals surface area contributed by atoms with Crippen molar-refractivity contribution in [3.05, 3.63) is 94.4 Å². The molecule has 1 aromatic heterocycles. The Balaban J connectivity index is 1.89. The fourth-order valence-electron chi connectivity index (χ4n) is 5.64. The molecule has 1 amide bonds. The van der Waals surface area contributed by atoms with Crippen molar-refractivity contribution in [2.45, 2.75) is 31.0 Å². The van der Waals surface area contributed by atoms with E-state index in [1.54, 1.807) is 11.8 Å². The SMILES string of the molecule is C=CC(=O)N1CCN(c2nc(=O)n(-c3c(C)cccc3S(N)(=O)=O)c3cc(-c4c(F)cccc4C(F)(F)F)c(F)cc23)[C@@H](C)C1. The van der Waals surface area contributed by atoms with Crippen molar-refractivity contribution >= 4 is 32.7 Å². The molecule has 1 atom stereocenters. The summed E-state index contributed by atoms with van der Waals surface area (Å²) in [7, 11) is -4.48. The molecular formula is C30H26F5N5O4S. The van der Waals surface area contributed by atoms with Gasteiger partial charge in [0.1, 0.15) is 22.3 Å². The predicted octanol–water partition coefficient (Wildman–Crippen LogP) is 4.53. The highest BCUT2D eigenvalue weighted by Crippen LogP contribution is 2.41. The summed E-state index contributed by atoms with van der Waals surface area (Å²) in [4.78, 5) is 32.9. The second kappa shape index (κ2) is 11.4. The fraction of sp³-hybridized carbons (Fsp3) is 0.233. The van der Waals surface area contributed by atoms with Crippen LogP contribution in [-0.2, 0) is 21.0 Å². The lowest BCUT2D eigenvalue weighted by molar-refractivity contribution is -0.137. The summed E-state index contributed by atoms with van der Waals surface area (Å²) < 4.78 is 99.0. The van der Waals surface area contributed by atoms with Crippen LogP contribution in [0.3, 0.4) is 0 Å². The Labute approximate surface area is 254 Å². The fourth-order valence-corrected chi connectivity index (χ4v) is 6.43. The third-order valence-electron chi connectivity index (χ3n) is 7.67. The Bertz CT molecular complexity index is 2050. The molecule has 0 radical (unpaired) electrons. The number of nitrogens with two attached hydrogens (primary N) is 1. The van der Waals surface area contributed by atoms with Gasteiger partial charge in [-0.2, -0.15) is 18.2 Å². The summed E-state index contributed by atoms with van der Waals surface area (Å²) in [5, 5.41) is 5.38. The molecule has 3 aromatic carbocycles. The van der Waals surface area contributed by atoms with Gasteiger partial charge in [0, 0.05) is 42.2 Å². The van der Waals surface area contributed by atoms with E-state index in [0.29, 0.717) is 6.07 Å². The number of carbonyl (C=O) groups is 1. The van der Waals surface area contributed by atoms with Gasteiger partial charge in [-0.1, -0.05) is 24.8 Å². The highest BCUT2D eigenvalue weighted by atomic mass is 32.2. The van der Waals surface area contributed by atoms with Crippen molar-refractivity contribution in [3.63, 3.8) is 0 Å². The monoisotopic (exact) mass is 647 g/mol. The number of amides is 1. The maximum atomic E-state index is 15.9. The molecule has 5 rings (SSSR count). The molecule has 236 valence electrons. The molecule has 0 saturated carbocycles. The van der Waals surface area contributed by atoms with Crippen LogP contribution in [0, 0.1) is 18.6 Å². The maximum absolute atomic E-state index is 15.9. The Hall–Kier alpha value is -4.63. The third-order valence-corrected chi connectivity index (χ3v) is 8.61. The number of aryl methyl sites for hydroxylation is 1. The molecule has 1 aliphatic rings. The van der Waals surface area contributed by atoms with E-state index in [-0.39, 0.29) is 53.5 Å². The first-order valence-corrected chi connectivity index (χ1v) is 15.0. The van der Waals surface area contributed by atoms with E-state index in [9.17, 15) is 31.2 Å². The van der Waals surface area contributed by atoms with Crippen LogP contribution < -0.4 is 15.7 Å². The lowest BCUT2D eigenvalue weighted by atomic mass is 9.96. The summed E-state index contributed by atoms with van der Waals surface area (Å²) in [5.41, 5.74) is -4.73. The molecule has 0 unspecified atom stereocenters. The standard InChI is InChI=1S/C30H26F5N5O4S/c1-4-25(41)38-11-12-39(17(3)15-38)28-19-13-22(32)18(26-20(30(33,34)35)8-6-9-21(26)31)14-23(19)40(29(42)37-28)27-16(2)7-5-10-24(27)45(36,43)44/h4-10,13-14,17H,1,11-12,15H2,2-3H3,(H2,36,43,44)/t17-/m0/s1. The van der Waals surface area contributed by atoms with E-state index >= 15 is 8.78 Å². The van der Waals surface area contributed by atoms with E-state index < -0.39 is 61.2 Å². The van der Waals surface area contributed by atoms with E-state index in [0.717, 1.165) is 41.0 Å². The van der Waals surface area contributed by atoms with Crippen LogP contribution in [0.4, 0.5) is 27.8 Å². The first-order valence-electron chi connectivity index (χ1n) is 13.5. The first kappa shape index (κ1) is 31.8. The van der Waals surface area contributed by atoms with Crippen LogP contribution in [0.1, 0.15) is 18.1 Å². The molecule has 15 heteroatoms. The number of carbonyl (C=O) groups excluding carboxylic acids is 1. The summed E-state index contributed by atoms with van der Waals surface area (Å²) in [5.74, 6) is -3.02. The van der Waals surface area contributed by atoms with Gasteiger partial charge in [0.2, 0.25) is 15.9 Å². The van der Waals surface area contributed by atoms with Crippen molar-refractivity contribution in [1.29, 1.82) is 0 Å². The van der Waals surface area contributed by atoms with Crippen LogP contribution >= 0.6 is 0 Å². The normalized spacial score (nSPS) is 15.9. The number of para-hydroxylation sites is 1. The number of aromatic nitrogens is 2. The average Bonchev–Trinajstić information content (AvgIpc) is 2.96. The van der Waals surface area contributed by atoms with Gasteiger partial charge in [-0.25, -0.2) is 27.1 Å². The number of alkyl halides is 3. The largest absolute Gasteiger partial charge is 0.417 e. The zero-order valence-electron chi connectivity index (χ0n) is 23.9. The Kier molecular flexibility index (Phi) is 8.04. The van der Waals surface area contributed by atoms with Gasteiger partial charge in [-0.05, 0) is 55.8 Å². The molecule has 0 aliphatic carbocycles. The number of benzene rings is 3. The van der Waals surface area contributed by atoms with Crippen molar-refractivity contribution in [1.82, 2.24) is 14.5 Å². The predicted molar refractivity (Wildman–Crippen MR) is 157 cm³/mol. The molecule has 2 heterocycles. The van der Waals surface area contributed by atoms with E-state index in [1.165, 1.54) is 24.0 Å². The number of anilines is 1. The molecule has 2 N–H and O–H groups in total. The van der Waals surface area contributed by atoms with Gasteiger partial charge < -0.3 is 9.80 Å². The van der Waals surface area contributed by atoms with E-state index in [1.807, 2.05) is 0 Å². The number of sulfonamides is 1. The number of piperazine rings is 1. The topological polar surface area (TPSA) is 119 Å².